The van der Waals surface area contributed by atoms with Crippen LogP contribution in [0.2, 0.25) is 10.3 Å². The lowest BCUT2D eigenvalue weighted by atomic mass is 10.1. The van der Waals surface area contributed by atoms with E-state index in [4.69, 9.17) is 23.2 Å². The van der Waals surface area contributed by atoms with Gasteiger partial charge in [0.05, 0.1) is 11.4 Å². The summed E-state index contributed by atoms with van der Waals surface area (Å²) in [5, 5.41) is 0.989. The summed E-state index contributed by atoms with van der Waals surface area (Å²) < 4.78 is 0. The highest BCUT2D eigenvalue weighted by molar-refractivity contribution is 6.32. The lowest BCUT2D eigenvalue weighted by molar-refractivity contribution is 0.628. The molecule has 1 aromatic heterocycles. The molecule has 4 heteroatoms. The standard InChI is InChI=1S/C12H18Cl2N2/c1-5-8(4)10-12(14)15-9(6-7(2)3)11(13)16-10/h7-8H,5-6H2,1-4H3. The van der Waals surface area contributed by atoms with E-state index in [9.17, 15) is 0 Å². The first-order valence-corrected chi connectivity index (χ1v) is 6.43. The van der Waals surface area contributed by atoms with Crippen LogP contribution in [0.15, 0.2) is 0 Å². The van der Waals surface area contributed by atoms with Crippen LogP contribution < -0.4 is 0 Å². The van der Waals surface area contributed by atoms with Crippen LogP contribution in [0.5, 0.6) is 0 Å². The summed E-state index contributed by atoms with van der Waals surface area (Å²) in [6.07, 6.45) is 1.79. The minimum absolute atomic E-state index is 0.297. The Balaban J connectivity index is 3.06. The number of rotatable bonds is 4. The summed E-state index contributed by atoms with van der Waals surface area (Å²) in [7, 11) is 0. The van der Waals surface area contributed by atoms with Crippen molar-refractivity contribution in [2.75, 3.05) is 0 Å². The van der Waals surface area contributed by atoms with Gasteiger partial charge in [-0.2, -0.15) is 0 Å². The molecule has 90 valence electrons. The van der Waals surface area contributed by atoms with Crippen LogP contribution >= 0.6 is 23.2 Å². The molecule has 0 fully saturated rings. The van der Waals surface area contributed by atoms with Gasteiger partial charge in [0.15, 0.2) is 10.3 Å². The van der Waals surface area contributed by atoms with Gasteiger partial charge in [-0.3, -0.25) is 0 Å². The maximum Gasteiger partial charge on any atom is 0.151 e. The highest BCUT2D eigenvalue weighted by atomic mass is 35.5. The molecule has 2 nitrogen and oxygen atoms in total. The molecule has 0 aliphatic heterocycles. The lowest BCUT2D eigenvalue weighted by Crippen LogP contribution is -2.05. The van der Waals surface area contributed by atoms with Crippen LogP contribution in [0.4, 0.5) is 0 Å². The highest BCUT2D eigenvalue weighted by Crippen LogP contribution is 2.27. The van der Waals surface area contributed by atoms with Gasteiger partial charge in [-0.25, -0.2) is 9.97 Å². The summed E-state index contributed by atoms with van der Waals surface area (Å²) in [5.41, 5.74) is 1.61. The molecule has 0 radical (unpaired) electrons. The molecule has 0 aliphatic rings. The molecule has 0 saturated heterocycles. The summed E-state index contributed by atoms with van der Waals surface area (Å²) in [5.74, 6) is 0.794. The zero-order valence-electron chi connectivity index (χ0n) is 10.2. The normalized spacial score (nSPS) is 13.2. The third-order valence-electron chi connectivity index (χ3n) is 2.58. The van der Waals surface area contributed by atoms with Gasteiger partial charge in [-0.05, 0) is 18.8 Å². The van der Waals surface area contributed by atoms with E-state index in [0.29, 0.717) is 22.1 Å². The molecule has 1 heterocycles. The topological polar surface area (TPSA) is 25.8 Å². The van der Waals surface area contributed by atoms with Crippen molar-refractivity contribution in [1.82, 2.24) is 9.97 Å². The smallest absolute Gasteiger partial charge is 0.151 e. The quantitative estimate of drug-likeness (QED) is 0.797. The Morgan fingerprint density at radius 3 is 2.19 bits per heavy atom. The number of aromatic nitrogens is 2. The fraction of sp³-hybridized carbons (Fsp3) is 0.667. The minimum Gasteiger partial charge on any atom is -0.236 e. The van der Waals surface area contributed by atoms with Gasteiger partial charge in [-0.15, -0.1) is 0 Å². The Morgan fingerprint density at radius 1 is 1.06 bits per heavy atom. The summed E-state index contributed by atoms with van der Waals surface area (Å²) in [6, 6.07) is 0. The second kappa shape index (κ2) is 5.83. The average molecular weight is 261 g/mol. The third-order valence-corrected chi connectivity index (χ3v) is 3.16. The Hall–Kier alpha value is -0.340. The van der Waals surface area contributed by atoms with Gasteiger partial charge in [-0.1, -0.05) is 50.9 Å². The van der Waals surface area contributed by atoms with E-state index in [2.05, 4.69) is 37.7 Å². The molecule has 0 saturated carbocycles. The molecule has 16 heavy (non-hydrogen) atoms. The molecule has 0 aromatic carbocycles. The van der Waals surface area contributed by atoms with E-state index in [0.717, 1.165) is 24.2 Å². The first kappa shape index (κ1) is 13.7. The van der Waals surface area contributed by atoms with Crippen molar-refractivity contribution in [3.05, 3.63) is 21.7 Å². The van der Waals surface area contributed by atoms with E-state index >= 15 is 0 Å². The van der Waals surface area contributed by atoms with Crippen LogP contribution in [-0.2, 0) is 6.42 Å². The van der Waals surface area contributed by atoms with E-state index in [-0.39, 0.29) is 0 Å². The van der Waals surface area contributed by atoms with Gasteiger partial charge >= 0.3 is 0 Å². The second-order valence-electron chi connectivity index (χ2n) is 4.54. The lowest BCUT2D eigenvalue weighted by Gasteiger charge is -2.13. The van der Waals surface area contributed by atoms with E-state index in [1.165, 1.54) is 0 Å². The number of hydrogen-bond acceptors (Lipinski definition) is 2. The number of nitrogens with zero attached hydrogens (tertiary/aromatic N) is 2. The van der Waals surface area contributed by atoms with Gasteiger partial charge in [0.2, 0.25) is 0 Å². The fourth-order valence-electron chi connectivity index (χ4n) is 1.46. The zero-order valence-corrected chi connectivity index (χ0v) is 11.7. The van der Waals surface area contributed by atoms with Crippen molar-refractivity contribution in [2.24, 2.45) is 5.92 Å². The summed E-state index contributed by atoms with van der Waals surface area (Å²) in [4.78, 5) is 8.72. The first-order chi connectivity index (χ1) is 7.45. The Bertz CT molecular complexity index is 364. The number of halogens is 2. The molecule has 0 N–H and O–H groups in total. The maximum atomic E-state index is 6.13. The van der Waals surface area contributed by atoms with Gasteiger partial charge in [0.1, 0.15) is 0 Å². The zero-order chi connectivity index (χ0) is 12.3. The van der Waals surface area contributed by atoms with Gasteiger partial charge in [0, 0.05) is 5.92 Å². The molecule has 1 aromatic rings. The predicted molar refractivity (Wildman–Crippen MR) is 69.3 cm³/mol. The van der Waals surface area contributed by atoms with Crippen LogP contribution in [0.3, 0.4) is 0 Å². The van der Waals surface area contributed by atoms with Crippen LogP contribution in [0, 0.1) is 5.92 Å². The first-order valence-electron chi connectivity index (χ1n) is 5.67. The highest BCUT2D eigenvalue weighted by Gasteiger charge is 2.15. The summed E-state index contributed by atoms with van der Waals surface area (Å²) in [6.45, 7) is 8.41. The minimum atomic E-state index is 0.297. The van der Waals surface area contributed by atoms with Crippen molar-refractivity contribution >= 4 is 23.2 Å². The molecule has 1 unspecified atom stereocenters. The van der Waals surface area contributed by atoms with Crippen LogP contribution in [0.1, 0.15) is 51.4 Å². The number of hydrogen-bond donors (Lipinski definition) is 0. The molecule has 0 amide bonds. The predicted octanol–water partition coefficient (Wildman–Crippen LogP) is 4.50. The van der Waals surface area contributed by atoms with E-state index < -0.39 is 0 Å². The molecular formula is C12H18Cl2N2. The Labute approximate surface area is 107 Å². The Kier molecular flexibility index (Phi) is 5.00. The van der Waals surface area contributed by atoms with Gasteiger partial charge in [0.25, 0.3) is 0 Å². The monoisotopic (exact) mass is 260 g/mol. The Morgan fingerprint density at radius 2 is 1.69 bits per heavy atom. The second-order valence-corrected chi connectivity index (χ2v) is 5.26. The van der Waals surface area contributed by atoms with Crippen LogP contribution in [0.25, 0.3) is 0 Å². The molecule has 0 spiro atoms. The molecule has 0 bridgehead atoms. The molecule has 1 rings (SSSR count). The largest absolute Gasteiger partial charge is 0.236 e. The third kappa shape index (κ3) is 3.33. The van der Waals surface area contributed by atoms with Crippen LogP contribution in [-0.4, -0.2) is 9.97 Å². The molecular weight excluding hydrogens is 243 g/mol. The fourth-order valence-corrected chi connectivity index (χ4v) is 2.00. The van der Waals surface area contributed by atoms with Crippen molar-refractivity contribution < 1.29 is 0 Å². The maximum absolute atomic E-state index is 6.13. The van der Waals surface area contributed by atoms with Crippen molar-refractivity contribution in [1.29, 1.82) is 0 Å². The average Bonchev–Trinajstić information content (AvgIpc) is 2.21. The van der Waals surface area contributed by atoms with Crippen molar-refractivity contribution in [3.63, 3.8) is 0 Å². The van der Waals surface area contributed by atoms with E-state index in [1.54, 1.807) is 0 Å². The van der Waals surface area contributed by atoms with Gasteiger partial charge < -0.3 is 0 Å². The van der Waals surface area contributed by atoms with E-state index in [1.807, 2.05) is 0 Å². The van der Waals surface area contributed by atoms with Crippen molar-refractivity contribution in [3.8, 4) is 0 Å². The SMILES string of the molecule is CCC(C)c1nc(Cl)c(CC(C)C)nc1Cl. The van der Waals surface area contributed by atoms with Crippen molar-refractivity contribution in [2.45, 2.75) is 46.5 Å². The molecule has 0 aliphatic carbocycles. The summed E-state index contributed by atoms with van der Waals surface area (Å²) >= 11 is 12.2. The molecule has 1 atom stereocenters.